The van der Waals surface area contributed by atoms with Gasteiger partial charge in [0.25, 0.3) is 0 Å². The molecule has 0 aliphatic heterocycles. The number of aromatic nitrogens is 2. The van der Waals surface area contributed by atoms with Gasteiger partial charge in [-0.05, 0) is 25.1 Å². The van der Waals surface area contributed by atoms with Gasteiger partial charge in [0.15, 0.2) is 0 Å². The van der Waals surface area contributed by atoms with Gasteiger partial charge in [0, 0.05) is 18.5 Å². The summed E-state index contributed by atoms with van der Waals surface area (Å²) in [5.74, 6) is 0.841. The van der Waals surface area contributed by atoms with Gasteiger partial charge in [0.1, 0.15) is 5.75 Å². The molecule has 1 aromatic carbocycles. The van der Waals surface area contributed by atoms with Crippen LogP contribution in [0, 0.1) is 0 Å². The molecule has 2 aromatic rings. The molecule has 0 saturated heterocycles. The fraction of sp³-hybridized carbons (Fsp3) is 0.364. The fourth-order valence-corrected chi connectivity index (χ4v) is 1.77. The number of methoxy groups -OCH3 is 1. The Bertz CT molecular complexity index is 476. The summed E-state index contributed by atoms with van der Waals surface area (Å²) in [5, 5.41) is 5.54. The highest BCUT2D eigenvalue weighted by Gasteiger charge is 2.09. The molecule has 0 aliphatic rings. The van der Waals surface area contributed by atoms with Crippen LogP contribution >= 0.6 is 0 Å². The molecule has 0 radical (unpaired) electrons. The predicted octanol–water partition coefficient (Wildman–Crippen LogP) is 1.52. The van der Waals surface area contributed by atoms with Gasteiger partial charge in [-0.1, -0.05) is 0 Å². The van der Waals surface area contributed by atoms with Crippen molar-refractivity contribution in [2.45, 2.75) is 20.0 Å². The minimum atomic E-state index is 0.498. The van der Waals surface area contributed by atoms with Crippen LogP contribution in [0.2, 0.25) is 0 Å². The molecule has 0 amide bonds. The van der Waals surface area contributed by atoms with Gasteiger partial charge in [-0.15, -0.1) is 0 Å². The minimum Gasteiger partial charge on any atom is -0.497 e. The third-order valence-electron chi connectivity index (χ3n) is 2.55. The average molecular weight is 205 g/mol. The number of aryl methyl sites for hydroxylation is 1. The number of ether oxygens (including phenoxy) is 1. The van der Waals surface area contributed by atoms with Crippen molar-refractivity contribution in [1.82, 2.24) is 9.78 Å². The Hall–Kier alpha value is -1.55. The lowest BCUT2D eigenvalue weighted by atomic mass is 10.2. The maximum absolute atomic E-state index is 5.73. The quantitative estimate of drug-likeness (QED) is 0.826. The van der Waals surface area contributed by atoms with Crippen molar-refractivity contribution in [3.63, 3.8) is 0 Å². The van der Waals surface area contributed by atoms with Crippen molar-refractivity contribution in [3.8, 4) is 5.75 Å². The van der Waals surface area contributed by atoms with E-state index in [1.54, 1.807) is 7.11 Å². The van der Waals surface area contributed by atoms with E-state index < -0.39 is 0 Å². The number of hydrogen-bond acceptors (Lipinski definition) is 3. The molecular formula is C11H15N3O. The van der Waals surface area contributed by atoms with E-state index in [0.29, 0.717) is 6.54 Å². The van der Waals surface area contributed by atoms with Crippen molar-refractivity contribution in [2.24, 2.45) is 5.73 Å². The van der Waals surface area contributed by atoms with Crippen molar-refractivity contribution < 1.29 is 4.74 Å². The van der Waals surface area contributed by atoms with Gasteiger partial charge in [0.2, 0.25) is 0 Å². The van der Waals surface area contributed by atoms with Crippen molar-refractivity contribution in [3.05, 3.63) is 23.9 Å². The van der Waals surface area contributed by atoms with Crippen LogP contribution in [0.15, 0.2) is 18.2 Å². The van der Waals surface area contributed by atoms with E-state index in [1.807, 2.05) is 22.9 Å². The van der Waals surface area contributed by atoms with E-state index in [-0.39, 0.29) is 0 Å². The Labute approximate surface area is 88.6 Å². The molecule has 0 saturated carbocycles. The summed E-state index contributed by atoms with van der Waals surface area (Å²) in [6.07, 6.45) is 0. The normalized spacial score (nSPS) is 10.9. The van der Waals surface area contributed by atoms with E-state index in [2.05, 4.69) is 12.0 Å². The first-order valence-electron chi connectivity index (χ1n) is 5.03. The maximum Gasteiger partial charge on any atom is 0.119 e. The number of hydrogen-bond donors (Lipinski definition) is 1. The SMILES string of the molecule is CCn1nc2ccc(OC)cc2c1CN. The van der Waals surface area contributed by atoms with Crippen LogP contribution in [-0.2, 0) is 13.1 Å². The van der Waals surface area contributed by atoms with Crippen LogP contribution in [0.3, 0.4) is 0 Å². The second kappa shape index (κ2) is 3.90. The summed E-state index contributed by atoms with van der Waals surface area (Å²) in [6, 6.07) is 5.85. The Morgan fingerprint density at radius 2 is 2.27 bits per heavy atom. The molecule has 0 fully saturated rings. The molecule has 2 rings (SSSR count). The molecule has 80 valence electrons. The standard InChI is InChI=1S/C11H15N3O/c1-3-14-11(7-12)9-6-8(15-2)4-5-10(9)13-14/h4-6H,3,7,12H2,1-2H3. The monoisotopic (exact) mass is 205 g/mol. The Balaban J connectivity index is 2.67. The second-order valence-corrected chi connectivity index (χ2v) is 3.35. The van der Waals surface area contributed by atoms with Crippen LogP contribution in [0.5, 0.6) is 5.75 Å². The summed E-state index contributed by atoms with van der Waals surface area (Å²) in [4.78, 5) is 0. The lowest BCUT2D eigenvalue weighted by Crippen LogP contribution is -2.07. The second-order valence-electron chi connectivity index (χ2n) is 3.35. The molecule has 0 atom stereocenters. The van der Waals surface area contributed by atoms with Gasteiger partial charge in [-0.25, -0.2) is 0 Å². The fourth-order valence-electron chi connectivity index (χ4n) is 1.77. The van der Waals surface area contributed by atoms with Gasteiger partial charge in [-0.2, -0.15) is 5.10 Å². The topological polar surface area (TPSA) is 53.1 Å². The number of nitrogens with two attached hydrogens (primary N) is 1. The van der Waals surface area contributed by atoms with E-state index >= 15 is 0 Å². The van der Waals surface area contributed by atoms with Crippen LogP contribution in [0.4, 0.5) is 0 Å². The van der Waals surface area contributed by atoms with E-state index in [1.165, 1.54) is 0 Å². The largest absolute Gasteiger partial charge is 0.497 e. The molecule has 1 aromatic heterocycles. The lowest BCUT2D eigenvalue weighted by Gasteiger charge is -2.01. The number of benzene rings is 1. The van der Waals surface area contributed by atoms with Crippen molar-refractivity contribution >= 4 is 10.9 Å². The molecule has 15 heavy (non-hydrogen) atoms. The molecule has 0 unspecified atom stereocenters. The Morgan fingerprint density at radius 1 is 1.47 bits per heavy atom. The summed E-state index contributed by atoms with van der Waals surface area (Å²) < 4.78 is 7.12. The lowest BCUT2D eigenvalue weighted by molar-refractivity contribution is 0.415. The van der Waals surface area contributed by atoms with E-state index in [4.69, 9.17) is 10.5 Å². The molecule has 2 N–H and O–H groups in total. The van der Waals surface area contributed by atoms with Crippen LogP contribution in [0.25, 0.3) is 10.9 Å². The van der Waals surface area contributed by atoms with Crippen LogP contribution in [0.1, 0.15) is 12.6 Å². The molecular weight excluding hydrogens is 190 g/mol. The number of nitrogens with zero attached hydrogens (tertiary/aromatic N) is 2. The predicted molar refractivity (Wildman–Crippen MR) is 59.9 cm³/mol. The van der Waals surface area contributed by atoms with Gasteiger partial charge in [0.05, 0.1) is 18.3 Å². The first-order chi connectivity index (χ1) is 7.30. The number of rotatable bonds is 3. The molecule has 1 heterocycles. The van der Waals surface area contributed by atoms with Gasteiger partial charge in [-0.3, -0.25) is 4.68 Å². The summed E-state index contributed by atoms with van der Waals surface area (Å²) >= 11 is 0. The highest BCUT2D eigenvalue weighted by Crippen LogP contribution is 2.23. The van der Waals surface area contributed by atoms with Crippen molar-refractivity contribution in [1.29, 1.82) is 0 Å². The zero-order valence-corrected chi connectivity index (χ0v) is 9.03. The minimum absolute atomic E-state index is 0.498. The number of fused-ring (bicyclic) bond motifs is 1. The van der Waals surface area contributed by atoms with E-state index in [9.17, 15) is 0 Å². The van der Waals surface area contributed by atoms with Gasteiger partial charge >= 0.3 is 0 Å². The summed E-state index contributed by atoms with van der Waals surface area (Å²) in [7, 11) is 1.66. The zero-order chi connectivity index (χ0) is 10.8. The smallest absolute Gasteiger partial charge is 0.119 e. The van der Waals surface area contributed by atoms with Crippen LogP contribution in [-0.4, -0.2) is 16.9 Å². The maximum atomic E-state index is 5.73. The first-order valence-corrected chi connectivity index (χ1v) is 5.03. The van der Waals surface area contributed by atoms with Gasteiger partial charge < -0.3 is 10.5 Å². The summed E-state index contributed by atoms with van der Waals surface area (Å²) in [6.45, 7) is 3.39. The third kappa shape index (κ3) is 1.57. The average Bonchev–Trinajstić information content (AvgIpc) is 2.65. The van der Waals surface area contributed by atoms with E-state index in [0.717, 1.165) is 28.9 Å². The Kier molecular flexibility index (Phi) is 2.60. The molecule has 4 heteroatoms. The molecule has 0 aliphatic carbocycles. The Morgan fingerprint density at radius 3 is 2.87 bits per heavy atom. The molecule has 0 bridgehead atoms. The van der Waals surface area contributed by atoms with Crippen molar-refractivity contribution in [2.75, 3.05) is 7.11 Å². The zero-order valence-electron chi connectivity index (χ0n) is 9.03. The first kappa shape index (κ1) is 9.98. The molecule has 0 spiro atoms. The summed E-state index contributed by atoms with van der Waals surface area (Å²) in [5.41, 5.74) is 7.76. The highest BCUT2D eigenvalue weighted by atomic mass is 16.5. The van der Waals surface area contributed by atoms with Crippen LogP contribution < -0.4 is 10.5 Å². The highest BCUT2D eigenvalue weighted by molar-refractivity contribution is 5.83. The third-order valence-corrected chi connectivity index (χ3v) is 2.55. The molecule has 4 nitrogen and oxygen atoms in total.